The average Bonchev–Trinajstić information content (AvgIpc) is 2.29. The minimum Gasteiger partial charge on any atom is -0.388 e. The lowest BCUT2D eigenvalue weighted by Crippen LogP contribution is -1.97. The van der Waals surface area contributed by atoms with Crippen LogP contribution in [0, 0.1) is 0 Å². The van der Waals surface area contributed by atoms with Crippen molar-refractivity contribution in [1.29, 1.82) is 0 Å². The Kier molecular flexibility index (Phi) is 5.81. The molecule has 0 saturated heterocycles. The van der Waals surface area contributed by atoms with Crippen LogP contribution in [-0.2, 0) is 0 Å². The second kappa shape index (κ2) is 6.91. The minimum absolute atomic E-state index is 0.310. The van der Waals surface area contributed by atoms with Gasteiger partial charge >= 0.3 is 0 Å². The quantitative estimate of drug-likeness (QED) is 0.581. The lowest BCUT2D eigenvalue weighted by Gasteiger charge is -2.13. The van der Waals surface area contributed by atoms with Gasteiger partial charge in [0.25, 0.3) is 0 Å². The lowest BCUT2D eigenvalue weighted by atomic mass is 10.1. The van der Waals surface area contributed by atoms with Crippen LogP contribution in [-0.4, -0.2) is 10.9 Å². The van der Waals surface area contributed by atoms with Crippen molar-refractivity contribution in [3.8, 4) is 0 Å². The summed E-state index contributed by atoms with van der Waals surface area (Å²) in [6.07, 6.45) is 2.94. The number of benzene rings is 1. The van der Waals surface area contributed by atoms with Crippen LogP contribution < -0.4 is 0 Å². The van der Waals surface area contributed by atoms with E-state index in [2.05, 4.69) is 13.0 Å². The zero-order valence-corrected chi connectivity index (χ0v) is 10.4. The summed E-state index contributed by atoms with van der Waals surface area (Å²) >= 11 is 1.86. The summed E-state index contributed by atoms with van der Waals surface area (Å²) in [5, 5.41) is 9.85. The molecule has 0 aromatic heterocycles. The van der Waals surface area contributed by atoms with Crippen molar-refractivity contribution in [3.05, 3.63) is 29.8 Å². The van der Waals surface area contributed by atoms with Crippen molar-refractivity contribution in [2.45, 2.75) is 44.1 Å². The zero-order valence-electron chi connectivity index (χ0n) is 9.57. The number of aliphatic hydroxyl groups is 1. The molecule has 1 atom stereocenters. The number of rotatable bonds is 6. The highest BCUT2D eigenvalue weighted by molar-refractivity contribution is 7.99. The van der Waals surface area contributed by atoms with Gasteiger partial charge in [-0.2, -0.15) is 0 Å². The third-order valence-corrected chi connectivity index (χ3v) is 3.60. The highest BCUT2D eigenvalue weighted by Gasteiger charge is 2.09. The number of unbranched alkanes of at least 4 members (excludes halogenated alkanes) is 1. The van der Waals surface area contributed by atoms with Crippen LogP contribution >= 0.6 is 11.8 Å². The lowest BCUT2D eigenvalue weighted by molar-refractivity contribution is 0.171. The van der Waals surface area contributed by atoms with Gasteiger partial charge in [-0.15, -0.1) is 11.8 Å². The molecule has 1 aromatic rings. The van der Waals surface area contributed by atoms with Gasteiger partial charge < -0.3 is 5.11 Å². The Bertz CT molecular complexity index is 286. The highest BCUT2D eigenvalue weighted by Crippen LogP contribution is 2.29. The number of aliphatic hydroxyl groups excluding tert-OH is 1. The van der Waals surface area contributed by atoms with Gasteiger partial charge in [-0.25, -0.2) is 0 Å². The Morgan fingerprint density at radius 3 is 2.67 bits per heavy atom. The number of hydrogen-bond acceptors (Lipinski definition) is 2. The van der Waals surface area contributed by atoms with Gasteiger partial charge in [0.1, 0.15) is 0 Å². The fourth-order valence-corrected chi connectivity index (χ4v) is 2.63. The molecule has 1 nitrogen and oxygen atoms in total. The Morgan fingerprint density at radius 2 is 2.00 bits per heavy atom. The zero-order chi connectivity index (χ0) is 11.1. The molecular weight excluding hydrogens is 204 g/mol. The molecule has 84 valence electrons. The molecule has 0 aliphatic carbocycles. The molecule has 0 amide bonds. The van der Waals surface area contributed by atoms with Crippen LogP contribution in [0.5, 0.6) is 0 Å². The maximum atomic E-state index is 9.85. The highest BCUT2D eigenvalue weighted by atomic mass is 32.2. The minimum atomic E-state index is -0.310. The van der Waals surface area contributed by atoms with Gasteiger partial charge in [0.15, 0.2) is 0 Å². The maximum absolute atomic E-state index is 9.85. The SMILES string of the molecule is CCCCSc1ccccc1C(O)CC. The van der Waals surface area contributed by atoms with Crippen molar-refractivity contribution >= 4 is 11.8 Å². The van der Waals surface area contributed by atoms with Crippen LogP contribution in [0.25, 0.3) is 0 Å². The van der Waals surface area contributed by atoms with E-state index in [1.54, 1.807) is 0 Å². The first kappa shape index (κ1) is 12.6. The molecule has 0 heterocycles. The summed E-state index contributed by atoms with van der Waals surface area (Å²) in [5.74, 6) is 1.14. The summed E-state index contributed by atoms with van der Waals surface area (Å²) in [7, 11) is 0. The van der Waals surface area contributed by atoms with E-state index in [0.717, 1.165) is 17.7 Å². The Balaban J connectivity index is 2.68. The second-order valence-corrected chi connectivity index (χ2v) is 4.80. The second-order valence-electron chi connectivity index (χ2n) is 3.66. The molecule has 0 spiro atoms. The van der Waals surface area contributed by atoms with Crippen LogP contribution in [0.1, 0.15) is 44.8 Å². The normalized spacial score (nSPS) is 12.7. The number of thioether (sulfide) groups is 1. The molecule has 1 rings (SSSR count). The van der Waals surface area contributed by atoms with Gasteiger partial charge in [0.2, 0.25) is 0 Å². The first-order chi connectivity index (χ1) is 7.29. The predicted octanol–water partition coefficient (Wildman–Crippen LogP) is 4.02. The molecule has 15 heavy (non-hydrogen) atoms. The van der Waals surface area contributed by atoms with Crippen molar-refractivity contribution in [2.24, 2.45) is 0 Å². The van der Waals surface area contributed by atoms with Crippen LogP contribution in [0.3, 0.4) is 0 Å². The van der Waals surface area contributed by atoms with Crippen molar-refractivity contribution in [3.63, 3.8) is 0 Å². The van der Waals surface area contributed by atoms with E-state index < -0.39 is 0 Å². The van der Waals surface area contributed by atoms with Gasteiger partial charge in [-0.05, 0) is 30.2 Å². The molecule has 0 radical (unpaired) electrons. The molecule has 1 aromatic carbocycles. The van der Waals surface area contributed by atoms with E-state index in [1.165, 1.54) is 17.7 Å². The van der Waals surface area contributed by atoms with E-state index in [1.807, 2.05) is 36.9 Å². The third-order valence-electron chi connectivity index (χ3n) is 2.42. The van der Waals surface area contributed by atoms with E-state index in [9.17, 15) is 5.11 Å². The fraction of sp³-hybridized carbons (Fsp3) is 0.538. The van der Waals surface area contributed by atoms with Crippen LogP contribution in [0.4, 0.5) is 0 Å². The monoisotopic (exact) mass is 224 g/mol. The molecule has 0 aliphatic rings. The van der Waals surface area contributed by atoms with Crippen molar-refractivity contribution < 1.29 is 5.11 Å². The summed E-state index contributed by atoms with van der Waals surface area (Å²) < 4.78 is 0. The van der Waals surface area contributed by atoms with E-state index in [-0.39, 0.29) is 6.10 Å². The molecule has 1 N–H and O–H groups in total. The Morgan fingerprint density at radius 1 is 1.27 bits per heavy atom. The van der Waals surface area contributed by atoms with Crippen molar-refractivity contribution in [2.75, 3.05) is 5.75 Å². The van der Waals surface area contributed by atoms with Crippen LogP contribution in [0.2, 0.25) is 0 Å². The summed E-state index contributed by atoms with van der Waals surface area (Å²) in [6, 6.07) is 8.18. The maximum Gasteiger partial charge on any atom is 0.0798 e. The van der Waals surface area contributed by atoms with E-state index in [0.29, 0.717) is 0 Å². The van der Waals surface area contributed by atoms with Gasteiger partial charge in [0, 0.05) is 4.90 Å². The van der Waals surface area contributed by atoms with Gasteiger partial charge in [-0.3, -0.25) is 0 Å². The Hall–Kier alpha value is -0.470. The molecule has 0 bridgehead atoms. The molecule has 0 saturated carbocycles. The van der Waals surface area contributed by atoms with Crippen LogP contribution in [0.15, 0.2) is 29.2 Å². The first-order valence-corrected chi connectivity index (χ1v) is 6.68. The standard InChI is InChI=1S/C13H20OS/c1-3-5-10-15-13-9-7-6-8-11(13)12(14)4-2/h6-9,12,14H,3-5,10H2,1-2H3. The van der Waals surface area contributed by atoms with E-state index >= 15 is 0 Å². The fourth-order valence-electron chi connectivity index (χ4n) is 1.43. The molecule has 0 fully saturated rings. The van der Waals surface area contributed by atoms with Gasteiger partial charge in [-0.1, -0.05) is 38.5 Å². The summed E-state index contributed by atoms with van der Waals surface area (Å²) in [6.45, 7) is 4.21. The molecule has 2 heteroatoms. The largest absolute Gasteiger partial charge is 0.388 e. The first-order valence-electron chi connectivity index (χ1n) is 5.69. The van der Waals surface area contributed by atoms with Gasteiger partial charge in [0.05, 0.1) is 6.10 Å². The molecule has 1 unspecified atom stereocenters. The summed E-state index contributed by atoms with van der Waals surface area (Å²) in [5.41, 5.74) is 1.08. The predicted molar refractivity (Wildman–Crippen MR) is 67.3 cm³/mol. The Labute approximate surface area is 96.9 Å². The van der Waals surface area contributed by atoms with Crippen molar-refractivity contribution in [1.82, 2.24) is 0 Å². The third kappa shape index (κ3) is 3.88. The summed E-state index contributed by atoms with van der Waals surface area (Å²) in [4.78, 5) is 1.24. The topological polar surface area (TPSA) is 20.2 Å². The molecular formula is C13H20OS. The smallest absolute Gasteiger partial charge is 0.0798 e. The van der Waals surface area contributed by atoms with E-state index in [4.69, 9.17) is 0 Å². The molecule has 0 aliphatic heterocycles. The average molecular weight is 224 g/mol. The number of hydrogen-bond donors (Lipinski definition) is 1.